The van der Waals surface area contributed by atoms with E-state index in [0.717, 1.165) is 30.8 Å². The van der Waals surface area contributed by atoms with Gasteiger partial charge in [0.2, 0.25) is 0 Å². The van der Waals surface area contributed by atoms with Gasteiger partial charge in [0.15, 0.2) is 0 Å². The Kier molecular flexibility index (Phi) is 6.08. The van der Waals surface area contributed by atoms with Crippen LogP contribution in [0.2, 0.25) is 0 Å². The van der Waals surface area contributed by atoms with Crippen LogP contribution in [0.25, 0.3) is 0 Å². The number of hydrogen-bond acceptors (Lipinski definition) is 3. The lowest BCUT2D eigenvalue weighted by Gasteiger charge is -2.11. The van der Waals surface area contributed by atoms with Crippen molar-refractivity contribution in [3.8, 4) is 17.6 Å². The third-order valence-electron chi connectivity index (χ3n) is 3.92. The second-order valence-corrected chi connectivity index (χ2v) is 5.82. The molecular formula is C21H21NO3. The van der Waals surface area contributed by atoms with Crippen molar-refractivity contribution in [3.05, 3.63) is 65.7 Å². The third kappa shape index (κ3) is 5.37. The summed E-state index contributed by atoms with van der Waals surface area (Å²) >= 11 is 0. The van der Waals surface area contributed by atoms with Crippen molar-refractivity contribution in [3.63, 3.8) is 0 Å². The Labute approximate surface area is 148 Å². The van der Waals surface area contributed by atoms with E-state index in [9.17, 15) is 4.79 Å². The van der Waals surface area contributed by atoms with Crippen LogP contribution in [0, 0.1) is 11.8 Å². The maximum absolute atomic E-state index is 12.1. The normalized spacial score (nSPS) is 15.9. The molecule has 0 saturated carbocycles. The molecule has 2 aromatic rings. The van der Waals surface area contributed by atoms with Crippen LogP contribution in [-0.4, -0.2) is 31.8 Å². The van der Waals surface area contributed by atoms with Gasteiger partial charge in [-0.1, -0.05) is 30.0 Å². The highest BCUT2D eigenvalue weighted by molar-refractivity contribution is 5.94. The van der Waals surface area contributed by atoms with Crippen LogP contribution >= 0.6 is 0 Å². The molecule has 1 N–H and O–H groups in total. The van der Waals surface area contributed by atoms with E-state index in [1.54, 1.807) is 24.3 Å². The summed E-state index contributed by atoms with van der Waals surface area (Å²) in [6, 6.07) is 16.8. The van der Waals surface area contributed by atoms with Gasteiger partial charge in [-0.25, -0.2) is 0 Å². The average molecular weight is 335 g/mol. The summed E-state index contributed by atoms with van der Waals surface area (Å²) in [7, 11) is 0. The van der Waals surface area contributed by atoms with E-state index < -0.39 is 0 Å². The summed E-state index contributed by atoms with van der Waals surface area (Å²) in [6.07, 6.45) is 2.33. The Hall–Kier alpha value is -2.77. The highest BCUT2D eigenvalue weighted by atomic mass is 16.5. The molecular weight excluding hydrogens is 314 g/mol. The Morgan fingerprint density at radius 1 is 1.16 bits per heavy atom. The van der Waals surface area contributed by atoms with Crippen LogP contribution in [0.4, 0.5) is 0 Å². The van der Waals surface area contributed by atoms with Gasteiger partial charge in [-0.2, -0.15) is 0 Å². The Morgan fingerprint density at radius 3 is 2.68 bits per heavy atom. The number of carbonyl (C=O) groups excluding carboxylic acids is 1. The van der Waals surface area contributed by atoms with Crippen LogP contribution < -0.4 is 10.1 Å². The third-order valence-corrected chi connectivity index (χ3v) is 3.92. The molecule has 0 aromatic heterocycles. The van der Waals surface area contributed by atoms with Crippen LogP contribution in [-0.2, 0) is 4.74 Å². The zero-order valence-electron chi connectivity index (χ0n) is 14.0. The van der Waals surface area contributed by atoms with Crippen molar-refractivity contribution < 1.29 is 14.3 Å². The molecule has 4 heteroatoms. The predicted molar refractivity (Wildman–Crippen MR) is 96.6 cm³/mol. The van der Waals surface area contributed by atoms with Gasteiger partial charge in [0.1, 0.15) is 12.4 Å². The Bertz CT molecular complexity index is 738. The van der Waals surface area contributed by atoms with E-state index in [4.69, 9.17) is 9.47 Å². The fourth-order valence-corrected chi connectivity index (χ4v) is 2.56. The molecule has 1 aliphatic heterocycles. The number of benzene rings is 2. The molecule has 1 aliphatic rings. The van der Waals surface area contributed by atoms with Crippen LogP contribution in [0.1, 0.15) is 28.8 Å². The largest absolute Gasteiger partial charge is 0.491 e. The molecule has 1 amide bonds. The van der Waals surface area contributed by atoms with Crippen molar-refractivity contribution >= 4 is 5.91 Å². The topological polar surface area (TPSA) is 47.6 Å². The van der Waals surface area contributed by atoms with E-state index in [-0.39, 0.29) is 12.0 Å². The Morgan fingerprint density at radius 2 is 1.96 bits per heavy atom. The number of carbonyl (C=O) groups is 1. The van der Waals surface area contributed by atoms with Gasteiger partial charge in [-0.3, -0.25) is 4.79 Å². The van der Waals surface area contributed by atoms with Crippen LogP contribution in [0.3, 0.4) is 0 Å². The first-order valence-corrected chi connectivity index (χ1v) is 8.48. The number of rotatable bonds is 5. The van der Waals surface area contributed by atoms with Crippen molar-refractivity contribution in [1.82, 2.24) is 5.32 Å². The zero-order chi connectivity index (χ0) is 17.3. The lowest BCUT2D eigenvalue weighted by atomic mass is 10.2. The molecule has 25 heavy (non-hydrogen) atoms. The molecule has 0 bridgehead atoms. The molecule has 0 radical (unpaired) electrons. The SMILES string of the molecule is O=C(NCC#Cc1ccccc1)c1ccc(OCC2CCCO2)cc1. The van der Waals surface area contributed by atoms with Crippen molar-refractivity contribution in [2.45, 2.75) is 18.9 Å². The molecule has 3 rings (SSSR count). The number of amides is 1. The second-order valence-electron chi connectivity index (χ2n) is 5.82. The molecule has 1 atom stereocenters. The molecule has 0 spiro atoms. The quantitative estimate of drug-likeness (QED) is 0.855. The highest BCUT2D eigenvalue weighted by Crippen LogP contribution is 2.16. The van der Waals surface area contributed by atoms with Crippen molar-refractivity contribution in [2.24, 2.45) is 0 Å². The molecule has 1 heterocycles. The van der Waals surface area contributed by atoms with E-state index >= 15 is 0 Å². The minimum Gasteiger partial charge on any atom is -0.491 e. The summed E-state index contributed by atoms with van der Waals surface area (Å²) in [4.78, 5) is 12.1. The van der Waals surface area contributed by atoms with E-state index in [2.05, 4.69) is 17.2 Å². The average Bonchev–Trinajstić information content (AvgIpc) is 3.18. The van der Waals surface area contributed by atoms with E-state index in [0.29, 0.717) is 18.7 Å². The van der Waals surface area contributed by atoms with Crippen LogP contribution in [0.15, 0.2) is 54.6 Å². The zero-order valence-corrected chi connectivity index (χ0v) is 14.0. The standard InChI is InChI=1S/C21H21NO3/c23-21(22-14-4-8-17-6-2-1-3-7-17)18-10-12-19(13-11-18)25-16-20-9-5-15-24-20/h1-3,6-7,10-13,20H,5,9,14-16H2,(H,22,23). The van der Waals surface area contributed by atoms with E-state index in [1.165, 1.54) is 0 Å². The van der Waals surface area contributed by atoms with E-state index in [1.807, 2.05) is 30.3 Å². The maximum atomic E-state index is 12.1. The van der Waals surface area contributed by atoms with Gasteiger partial charge in [0, 0.05) is 17.7 Å². The van der Waals surface area contributed by atoms with Gasteiger partial charge in [0.05, 0.1) is 12.6 Å². The fraction of sp³-hybridized carbons (Fsp3) is 0.286. The van der Waals surface area contributed by atoms with Gasteiger partial charge >= 0.3 is 0 Å². The first-order valence-electron chi connectivity index (χ1n) is 8.48. The Balaban J connectivity index is 1.45. The monoisotopic (exact) mass is 335 g/mol. The van der Waals surface area contributed by atoms with Crippen molar-refractivity contribution in [2.75, 3.05) is 19.8 Å². The first kappa shape index (κ1) is 17.1. The summed E-state index contributed by atoms with van der Waals surface area (Å²) < 4.78 is 11.2. The van der Waals surface area contributed by atoms with Gasteiger partial charge in [-0.15, -0.1) is 0 Å². The molecule has 1 fully saturated rings. The summed E-state index contributed by atoms with van der Waals surface area (Å²) in [5, 5.41) is 2.79. The lowest BCUT2D eigenvalue weighted by molar-refractivity contribution is 0.0679. The highest BCUT2D eigenvalue weighted by Gasteiger charge is 2.16. The molecule has 2 aromatic carbocycles. The maximum Gasteiger partial charge on any atom is 0.252 e. The van der Waals surface area contributed by atoms with Gasteiger partial charge in [-0.05, 0) is 49.2 Å². The smallest absolute Gasteiger partial charge is 0.252 e. The van der Waals surface area contributed by atoms with Crippen LogP contribution in [0.5, 0.6) is 5.75 Å². The molecule has 4 nitrogen and oxygen atoms in total. The lowest BCUT2D eigenvalue weighted by Crippen LogP contribution is -2.23. The second kappa shape index (κ2) is 8.91. The van der Waals surface area contributed by atoms with Gasteiger partial charge < -0.3 is 14.8 Å². The summed E-state index contributed by atoms with van der Waals surface area (Å²) in [5.41, 5.74) is 1.52. The van der Waals surface area contributed by atoms with Gasteiger partial charge in [0.25, 0.3) is 5.91 Å². The first-order chi connectivity index (χ1) is 12.3. The minimum absolute atomic E-state index is 0.145. The summed E-state index contributed by atoms with van der Waals surface area (Å²) in [6.45, 7) is 1.69. The number of nitrogens with one attached hydrogen (secondary N) is 1. The fourth-order valence-electron chi connectivity index (χ4n) is 2.56. The molecule has 0 aliphatic carbocycles. The van der Waals surface area contributed by atoms with Crippen molar-refractivity contribution in [1.29, 1.82) is 0 Å². The summed E-state index contributed by atoms with van der Waals surface area (Å²) in [5.74, 6) is 6.55. The number of hydrogen-bond donors (Lipinski definition) is 1. The molecule has 128 valence electrons. The molecule has 1 saturated heterocycles. The predicted octanol–water partition coefficient (Wildman–Crippen LogP) is 3.03. The number of ether oxygens (including phenoxy) is 2. The molecule has 1 unspecified atom stereocenters. The minimum atomic E-state index is -0.145.